The van der Waals surface area contributed by atoms with Crippen LogP contribution in [0.15, 0.2) is 5.51 Å². The first-order valence-electron chi connectivity index (χ1n) is 8.12. The molecule has 0 aliphatic carbocycles. The van der Waals surface area contributed by atoms with Crippen LogP contribution >= 0.6 is 11.3 Å². The Labute approximate surface area is 141 Å². The minimum atomic E-state index is 0.0313. The summed E-state index contributed by atoms with van der Waals surface area (Å²) in [5.41, 5.74) is 2.96. The van der Waals surface area contributed by atoms with E-state index in [0.29, 0.717) is 19.6 Å². The predicted molar refractivity (Wildman–Crippen MR) is 91.6 cm³/mol. The van der Waals surface area contributed by atoms with Crippen LogP contribution < -0.4 is 5.32 Å². The Hall–Kier alpha value is -1.63. The van der Waals surface area contributed by atoms with Crippen LogP contribution in [-0.4, -0.2) is 60.5 Å². The molecule has 1 aromatic heterocycles. The van der Waals surface area contributed by atoms with Gasteiger partial charge in [-0.2, -0.15) is 0 Å². The fraction of sp³-hybridized carbons (Fsp3) is 0.688. The van der Waals surface area contributed by atoms with Crippen LogP contribution in [0.3, 0.4) is 0 Å². The Bertz CT molecular complexity index is 536. The summed E-state index contributed by atoms with van der Waals surface area (Å²) in [5.74, 6) is 0.161. The lowest BCUT2D eigenvalue weighted by Gasteiger charge is -2.33. The number of nitrogens with one attached hydrogen (secondary N) is 1. The van der Waals surface area contributed by atoms with E-state index in [4.69, 9.17) is 0 Å². The first-order valence-corrected chi connectivity index (χ1v) is 9.00. The number of nitrogens with zero attached hydrogens (tertiary/aromatic N) is 3. The standard InChI is InChI=1S/C16H26N4O2S/c1-12-14(23-11-18-12)5-4-8-17-15(21)13-6-9-20(10-7-13)16(22)19(2)3/h11,13H,4-10H2,1-3H3,(H,17,21). The van der Waals surface area contributed by atoms with Gasteiger partial charge < -0.3 is 15.1 Å². The Morgan fingerprint density at radius 3 is 2.65 bits per heavy atom. The second-order valence-electron chi connectivity index (χ2n) is 6.19. The smallest absolute Gasteiger partial charge is 0.319 e. The molecule has 1 aliphatic heterocycles. The van der Waals surface area contributed by atoms with E-state index in [9.17, 15) is 9.59 Å². The van der Waals surface area contributed by atoms with Crippen molar-refractivity contribution in [3.63, 3.8) is 0 Å². The van der Waals surface area contributed by atoms with Crippen LogP contribution in [0.25, 0.3) is 0 Å². The summed E-state index contributed by atoms with van der Waals surface area (Å²) < 4.78 is 0. The maximum absolute atomic E-state index is 12.2. The van der Waals surface area contributed by atoms with Gasteiger partial charge in [0.05, 0.1) is 11.2 Å². The molecular formula is C16H26N4O2S. The lowest BCUT2D eigenvalue weighted by Crippen LogP contribution is -2.46. The minimum absolute atomic E-state index is 0.0313. The van der Waals surface area contributed by atoms with Crippen molar-refractivity contribution in [2.24, 2.45) is 5.92 Å². The number of hydrogen-bond donors (Lipinski definition) is 1. The zero-order chi connectivity index (χ0) is 16.8. The molecule has 6 nitrogen and oxygen atoms in total. The molecule has 0 unspecified atom stereocenters. The summed E-state index contributed by atoms with van der Waals surface area (Å²) in [6, 6.07) is 0.0313. The lowest BCUT2D eigenvalue weighted by molar-refractivity contribution is -0.126. The van der Waals surface area contributed by atoms with Gasteiger partial charge in [0.15, 0.2) is 0 Å². The summed E-state index contributed by atoms with van der Waals surface area (Å²) in [4.78, 5) is 33.0. The van der Waals surface area contributed by atoms with Gasteiger partial charge in [0.25, 0.3) is 0 Å². The molecule has 1 fully saturated rings. The van der Waals surface area contributed by atoms with Gasteiger partial charge in [-0.3, -0.25) is 4.79 Å². The molecule has 0 bridgehead atoms. The highest BCUT2D eigenvalue weighted by Gasteiger charge is 2.27. The Kier molecular flexibility index (Phi) is 6.38. The quantitative estimate of drug-likeness (QED) is 0.834. The van der Waals surface area contributed by atoms with Gasteiger partial charge >= 0.3 is 6.03 Å². The average Bonchev–Trinajstić information content (AvgIpc) is 2.96. The highest BCUT2D eigenvalue weighted by atomic mass is 32.1. The SMILES string of the molecule is Cc1ncsc1CCCNC(=O)C1CCN(C(=O)N(C)C)CC1. The van der Waals surface area contributed by atoms with Gasteiger partial charge in [0, 0.05) is 44.5 Å². The number of rotatable bonds is 5. The van der Waals surface area contributed by atoms with Gasteiger partial charge in [-0.1, -0.05) is 0 Å². The van der Waals surface area contributed by atoms with E-state index < -0.39 is 0 Å². The average molecular weight is 338 g/mol. The maximum atomic E-state index is 12.2. The highest BCUT2D eigenvalue weighted by Crippen LogP contribution is 2.18. The molecule has 1 aliphatic rings. The third kappa shape index (κ3) is 4.92. The molecule has 2 rings (SSSR count). The fourth-order valence-electron chi connectivity index (χ4n) is 2.79. The van der Waals surface area contributed by atoms with E-state index >= 15 is 0 Å². The molecule has 0 saturated carbocycles. The largest absolute Gasteiger partial charge is 0.356 e. The molecule has 0 spiro atoms. The lowest BCUT2D eigenvalue weighted by atomic mass is 9.96. The molecule has 128 valence electrons. The number of hydrogen-bond acceptors (Lipinski definition) is 4. The van der Waals surface area contributed by atoms with E-state index in [1.165, 1.54) is 4.88 Å². The van der Waals surface area contributed by atoms with Crippen LogP contribution in [0, 0.1) is 12.8 Å². The molecule has 1 N–H and O–H groups in total. The molecule has 3 amide bonds. The van der Waals surface area contributed by atoms with Crippen molar-refractivity contribution in [1.82, 2.24) is 20.1 Å². The van der Waals surface area contributed by atoms with Gasteiger partial charge in [0.2, 0.25) is 5.91 Å². The number of aryl methyl sites for hydroxylation is 2. The van der Waals surface area contributed by atoms with E-state index in [1.54, 1.807) is 30.3 Å². The van der Waals surface area contributed by atoms with Crippen molar-refractivity contribution in [2.45, 2.75) is 32.6 Å². The first kappa shape index (κ1) is 17.7. The molecule has 1 saturated heterocycles. The molecular weight excluding hydrogens is 312 g/mol. The van der Waals surface area contributed by atoms with Crippen molar-refractivity contribution in [3.8, 4) is 0 Å². The van der Waals surface area contributed by atoms with Crippen molar-refractivity contribution in [2.75, 3.05) is 33.7 Å². The summed E-state index contributed by atoms with van der Waals surface area (Å²) in [6.45, 7) is 4.05. The van der Waals surface area contributed by atoms with Gasteiger partial charge in [-0.15, -0.1) is 11.3 Å². The fourth-order valence-corrected chi connectivity index (χ4v) is 3.61. The van der Waals surface area contributed by atoms with Crippen molar-refractivity contribution in [3.05, 3.63) is 16.1 Å². The van der Waals surface area contributed by atoms with E-state index in [2.05, 4.69) is 10.3 Å². The Morgan fingerprint density at radius 1 is 1.39 bits per heavy atom. The molecule has 0 radical (unpaired) electrons. The van der Waals surface area contributed by atoms with Crippen LogP contribution in [0.1, 0.15) is 29.8 Å². The Morgan fingerprint density at radius 2 is 2.09 bits per heavy atom. The highest BCUT2D eigenvalue weighted by molar-refractivity contribution is 7.09. The molecule has 23 heavy (non-hydrogen) atoms. The van der Waals surface area contributed by atoms with Crippen molar-refractivity contribution >= 4 is 23.3 Å². The number of thiazole rings is 1. The molecule has 0 aromatic carbocycles. The first-order chi connectivity index (χ1) is 11.0. The molecule has 1 aromatic rings. The number of carbonyl (C=O) groups excluding carboxylic acids is 2. The van der Waals surface area contributed by atoms with Crippen molar-refractivity contribution in [1.29, 1.82) is 0 Å². The van der Waals surface area contributed by atoms with Gasteiger partial charge in [-0.05, 0) is 32.6 Å². The van der Waals surface area contributed by atoms with Gasteiger partial charge in [-0.25, -0.2) is 9.78 Å². The monoisotopic (exact) mass is 338 g/mol. The minimum Gasteiger partial charge on any atom is -0.356 e. The number of urea groups is 1. The van der Waals surface area contributed by atoms with Crippen LogP contribution in [-0.2, 0) is 11.2 Å². The number of piperidine rings is 1. The number of aromatic nitrogens is 1. The second kappa shape index (κ2) is 8.29. The maximum Gasteiger partial charge on any atom is 0.319 e. The summed E-state index contributed by atoms with van der Waals surface area (Å²) in [6.07, 6.45) is 3.40. The summed E-state index contributed by atoms with van der Waals surface area (Å²) >= 11 is 1.68. The topological polar surface area (TPSA) is 65.5 Å². The summed E-state index contributed by atoms with van der Waals surface area (Å²) in [7, 11) is 3.51. The van der Waals surface area contributed by atoms with Crippen LogP contribution in [0.5, 0.6) is 0 Å². The van der Waals surface area contributed by atoms with E-state index in [-0.39, 0.29) is 17.9 Å². The third-order valence-corrected chi connectivity index (χ3v) is 5.24. The van der Waals surface area contributed by atoms with E-state index in [0.717, 1.165) is 31.4 Å². The summed E-state index contributed by atoms with van der Waals surface area (Å²) in [5, 5.41) is 3.03. The van der Waals surface area contributed by atoms with Crippen molar-refractivity contribution < 1.29 is 9.59 Å². The van der Waals surface area contributed by atoms with E-state index in [1.807, 2.05) is 17.3 Å². The number of amides is 3. The van der Waals surface area contributed by atoms with Crippen LogP contribution in [0.2, 0.25) is 0 Å². The predicted octanol–water partition coefficient (Wildman–Crippen LogP) is 1.89. The third-order valence-electron chi connectivity index (χ3n) is 4.24. The zero-order valence-corrected chi connectivity index (χ0v) is 15.0. The molecule has 7 heteroatoms. The van der Waals surface area contributed by atoms with Gasteiger partial charge in [0.1, 0.15) is 0 Å². The Balaban J connectivity index is 1.65. The normalized spacial score (nSPS) is 15.5. The number of carbonyl (C=O) groups is 2. The molecule has 0 atom stereocenters. The van der Waals surface area contributed by atoms with Crippen LogP contribution in [0.4, 0.5) is 4.79 Å². The number of likely N-dealkylation sites (tertiary alicyclic amines) is 1. The molecule has 2 heterocycles. The second-order valence-corrected chi connectivity index (χ2v) is 7.13. The zero-order valence-electron chi connectivity index (χ0n) is 14.2.